The predicted molar refractivity (Wildman–Crippen MR) is 91.0 cm³/mol. The summed E-state index contributed by atoms with van der Waals surface area (Å²) in [4.78, 5) is 24.7. The quantitative estimate of drug-likeness (QED) is 0.675. The monoisotopic (exact) mass is 319 g/mol. The number of urea groups is 1. The molecule has 0 bridgehead atoms. The van der Waals surface area contributed by atoms with Crippen molar-refractivity contribution in [2.75, 3.05) is 23.8 Å². The maximum absolute atomic E-state index is 12.0. The van der Waals surface area contributed by atoms with Gasteiger partial charge in [0.15, 0.2) is 0 Å². The van der Waals surface area contributed by atoms with Crippen molar-refractivity contribution in [3.05, 3.63) is 24.3 Å². The van der Waals surface area contributed by atoms with Gasteiger partial charge in [-0.2, -0.15) is 0 Å². The number of benzene rings is 1. The first-order valence-electron chi connectivity index (χ1n) is 8.16. The van der Waals surface area contributed by atoms with Crippen LogP contribution in [0.4, 0.5) is 16.2 Å². The third-order valence-electron chi connectivity index (χ3n) is 4.26. The molecule has 0 heterocycles. The van der Waals surface area contributed by atoms with Crippen molar-refractivity contribution in [2.24, 2.45) is 0 Å². The molecule has 0 radical (unpaired) electrons. The van der Waals surface area contributed by atoms with Gasteiger partial charge in [0, 0.05) is 26.1 Å². The summed E-state index contributed by atoms with van der Waals surface area (Å²) < 4.78 is 0. The van der Waals surface area contributed by atoms with Crippen molar-refractivity contribution in [1.29, 1.82) is 0 Å². The van der Waals surface area contributed by atoms with E-state index in [1.807, 2.05) is 24.3 Å². The van der Waals surface area contributed by atoms with Crippen LogP contribution in [0.3, 0.4) is 0 Å². The Labute approximate surface area is 136 Å². The van der Waals surface area contributed by atoms with Crippen LogP contribution in [0.1, 0.15) is 38.5 Å². The Morgan fingerprint density at radius 1 is 1.26 bits per heavy atom. The van der Waals surface area contributed by atoms with Crippen molar-refractivity contribution < 1.29 is 14.7 Å². The van der Waals surface area contributed by atoms with Gasteiger partial charge in [0.05, 0.1) is 11.4 Å². The molecular weight excluding hydrogens is 294 g/mol. The molecule has 1 fully saturated rings. The zero-order valence-corrected chi connectivity index (χ0v) is 13.5. The Kier molecular flexibility index (Phi) is 6.26. The molecule has 1 aromatic carbocycles. The van der Waals surface area contributed by atoms with E-state index in [0.717, 1.165) is 11.4 Å². The fourth-order valence-electron chi connectivity index (χ4n) is 2.98. The summed E-state index contributed by atoms with van der Waals surface area (Å²) in [6, 6.07) is 7.98. The number of rotatable bonds is 7. The van der Waals surface area contributed by atoms with Crippen molar-refractivity contribution in [2.45, 2.75) is 44.6 Å². The average molecular weight is 319 g/mol. The lowest BCUT2D eigenvalue weighted by atomic mass is 10.1. The zero-order chi connectivity index (χ0) is 16.7. The highest BCUT2D eigenvalue weighted by Gasteiger charge is 2.21. The van der Waals surface area contributed by atoms with Crippen LogP contribution in [-0.4, -0.2) is 36.7 Å². The molecular formula is C17H25N3O3. The van der Waals surface area contributed by atoms with Gasteiger partial charge < -0.3 is 20.6 Å². The van der Waals surface area contributed by atoms with Crippen LogP contribution in [0.15, 0.2) is 24.3 Å². The summed E-state index contributed by atoms with van der Waals surface area (Å²) in [7, 11) is 2.07. The molecule has 2 amide bonds. The zero-order valence-electron chi connectivity index (χ0n) is 13.5. The Morgan fingerprint density at radius 2 is 1.96 bits per heavy atom. The van der Waals surface area contributed by atoms with Gasteiger partial charge in [-0.25, -0.2) is 4.79 Å². The molecule has 1 aromatic rings. The van der Waals surface area contributed by atoms with Crippen LogP contribution < -0.4 is 15.5 Å². The highest BCUT2D eigenvalue weighted by Crippen LogP contribution is 2.31. The number of amides is 2. The number of carboxylic acid groups (broad SMARTS) is 1. The molecule has 2 rings (SSSR count). The average Bonchev–Trinajstić information content (AvgIpc) is 3.06. The number of hydrogen-bond donors (Lipinski definition) is 3. The van der Waals surface area contributed by atoms with Crippen molar-refractivity contribution in [3.63, 3.8) is 0 Å². The van der Waals surface area contributed by atoms with Gasteiger partial charge in [0.2, 0.25) is 0 Å². The van der Waals surface area contributed by atoms with Gasteiger partial charge in [-0.1, -0.05) is 25.0 Å². The minimum atomic E-state index is -0.851. The molecule has 1 aliphatic rings. The third kappa shape index (κ3) is 5.16. The fourth-order valence-corrected chi connectivity index (χ4v) is 2.98. The molecule has 3 N–H and O–H groups in total. The molecule has 0 unspecified atom stereocenters. The standard InChI is InChI=1S/C17H25N3O3/c1-20(13-7-2-3-8-13)15-10-5-4-9-14(15)19-17(23)18-12-6-11-16(21)22/h4-5,9-10,13H,2-3,6-8,11-12H2,1H3,(H,21,22)(H2,18,19,23). The van der Waals surface area contributed by atoms with Crippen LogP contribution in [0.25, 0.3) is 0 Å². The minimum absolute atomic E-state index is 0.0568. The first-order chi connectivity index (χ1) is 11.1. The molecule has 0 spiro atoms. The van der Waals surface area contributed by atoms with E-state index in [-0.39, 0.29) is 12.5 Å². The van der Waals surface area contributed by atoms with Crippen molar-refractivity contribution in [3.8, 4) is 0 Å². The second kappa shape index (κ2) is 8.41. The number of carbonyl (C=O) groups is 2. The summed E-state index contributed by atoms with van der Waals surface area (Å²) in [5, 5.41) is 14.1. The fraction of sp³-hybridized carbons (Fsp3) is 0.529. The van der Waals surface area contributed by atoms with Gasteiger partial charge in [-0.15, -0.1) is 0 Å². The molecule has 6 heteroatoms. The normalized spacial score (nSPS) is 14.5. The first kappa shape index (κ1) is 17.1. The number of nitrogens with one attached hydrogen (secondary N) is 2. The second-order valence-electron chi connectivity index (χ2n) is 5.94. The Balaban J connectivity index is 1.91. The van der Waals surface area contributed by atoms with Crippen LogP contribution >= 0.6 is 0 Å². The number of nitrogens with zero attached hydrogens (tertiary/aromatic N) is 1. The van der Waals surface area contributed by atoms with E-state index >= 15 is 0 Å². The van der Waals surface area contributed by atoms with Gasteiger partial charge in [0.25, 0.3) is 0 Å². The molecule has 0 atom stereocenters. The molecule has 6 nitrogen and oxygen atoms in total. The lowest BCUT2D eigenvalue weighted by Crippen LogP contribution is -2.32. The van der Waals surface area contributed by atoms with Crippen molar-refractivity contribution in [1.82, 2.24) is 5.32 Å². The van der Waals surface area contributed by atoms with Crippen LogP contribution in [0, 0.1) is 0 Å². The molecule has 23 heavy (non-hydrogen) atoms. The van der Waals surface area contributed by atoms with Gasteiger partial charge >= 0.3 is 12.0 Å². The number of hydrogen-bond acceptors (Lipinski definition) is 3. The van der Waals surface area contributed by atoms with E-state index in [9.17, 15) is 9.59 Å². The summed E-state index contributed by atoms with van der Waals surface area (Å²) in [6.07, 6.45) is 5.37. The minimum Gasteiger partial charge on any atom is -0.481 e. The van der Waals surface area contributed by atoms with E-state index < -0.39 is 5.97 Å². The Bertz CT molecular complexity index is 542. The summed E-state index contributed by atoms with van der Waals surface area (Å²) >= 11 is 0. The highest BCUT2D eigenvalue weighted by molar-refractivity contribution is 5.93. The summed E-state index contributed by atoms with van der Waals surface area (Å²) in [6.45, 7) is 0.346. The van der Waals surface area contributed by atoms with E-state index in [2.05, 4.69) is 22.6 Å². The van der Waals surface area contributed by atoms with Crippen LogP contribution in [-0.2, 0) is 4.79 Å². The SMILES string of the molecule is CN(c1ccccc1NC(=O)NCCCC(=O)O)C1CCCC1. The van der Waals surface area contributed by atoms with E-state index in [0.29, 0.717) is 19.0 Å². The Morgan fingerprint density at radius 3 is 2.65 bits per heavy atom. The van der Waals surface area contributed by atoms with Crippen molar-refractivity contribution >= 4 is 23.4 Å². The summed E-state index contributed by atoms with van der Waals surface area (Å²) in [5.41, 5.74) is 1.79. The maximum atomic E-state index is 12.0. The topological polar surface area (TPSA) is 81.7 Å². The van der Waals surface area contributed by atoms with Gasteiger partial charge in [-0.05, 0) is 31.4 Å². The van der Waals surface area contributed by atoms with E-state index in [1.165, 1.54) is 25.7 Å². The van der Waals surface area contributed by atoms with E-state index in [4.69, 9.17) is 5.11 Å². The van der Waals surface area contributed by atoms with Crippen LogP contribution in [0.2, 0.25) is 0 Å². The molecule has 126 valence electrons. The smallest absolute Gasteiger partial charge is 0.319 e. The van der Waals surface area contributed by atoms with Crippen LogP contribution in [0.5, 0.6) is 0 Å². The highest BCUT2D eigenvalue weighted by atomic mass is 16.4. The van der Waals surface area contributed by atoms with Gasteiger partial charge in [-0.3, -0.25) is 4.79 Å². The molecule has 0 aliphatic heterocycles. The number of carboxylic acids is 1. The maximum Gasteiger partial charge on any atom is 0.319 e. The molecule has 1 saturated carbocycles. The first-order valence-corrected chi connectivity index (χ1v) is 8.16. The predicted octanol–water partition coefficient (Wildman–Crippen LogP) is 3.05. The second-order valence-corrected chi connectivity index (χ2v) is 5.94. The Hall–Kier alpha value is -2.24. The molecule has 0 aromatic heterocycles. The lowest BCUT2D eigenvalue weighted by molar-refractivity contribution is -0.137. The third-order valence-corrected chi connectivity index (χ3v) is 4.26. The van der Waals surface area contributed by atoms with E-state index in [1.54, 1.807) is 0 Å². The number of anilines is 2. The van der Waals surface area contributed by atoms with Gasteiger partial charge in [0.1, 0.15) is 0 Å². The number of para-hydroxylation sites is 2. The number of carbonyl (C=O) groups excluding carboxylic acids is 1. The molecule has 1 aliphatic carbocycles. The lowest BCUT2D eigenvalue weighted by Gasteiger charge is -2.28. The largest absolute Gasteiger partial charge is 0.481 e. The molecule has 0 saturated heterocycles. The summed E-state index contributed by atoms with van der Waals surface area (Å²) in [5.74, 6) is -0.851. The number of aliphatic carboxylic acids is 1.